The fourth-order valence-corrected chi connectivity index (χ4v) is 3.12. The van der Waals surface area contributed by atoms with Gasteiger partial charge in [0.1, 0.15) is 0 Å². The topological polar surface area (TPSA) is 37.4 Å². The quantitative estimate of drug-likeness (QED) is 0.778. The summed E-state index contributed by atoms with van der Waals surface area (Å²) in [6.45, 7) is 4.19. The Morgan fingerprint density at radius 3 is 2.38 bits per heavy atom. The molecular weight excluding hydrogens is 330 g/mol. The molecule has 0 atom stereocenters. The maximum absolute atomic E-state index is 12.3. The average Bonchev–Trinajstić information content (AvgIpc) is 2.71. The Labute approximate surface area is 131 Å². The summed E-state index contributed by atoms with van der Waals surface area (Å²) in [5.41, 5.74) is 4.07. The van der Waals surface area contributed by atoms with Crippen LogP contribution in [0.15, 0.2) is 40.9 Å². The molecule has 3 rings (SSSR count). The predicted octanol–water partition coefficient (Wildman–Crippen LogP) is 3.80. The number of fused-ring (bicyclic) bond motifs is 1. The number of carbonyl (C=O) groups excluding carboxylic acids is 2. The third-order valence-corrected chi connectivity index (χ3v) is 4.58. The van der Waals surface area contributed by atoms with Gasteiger partial charge in [0.25, 0.3) is 11.7 Å². The highest BCUT2D eigenvalue weighted by molar-refractivity contribution is 9.10. The van der Waals surface area contributed by atoms with Crippen molar-refractivity contribution >= 4 is 33.3 Å². The molecule has 2 aromatic rings. The number of aryl methyl sites for hydroxylation is 2. The number of Topliss-reactive ketones (excluding diaryl/α,β-unsaturated/α-hetero) is 1. The number of rotatable bonds is 2. The number of nitrogens with zero attached hydrogens (tertiary/aromatic N) is 1. The Hall–Kier alpha value is -1.94. The molecule has 1 aliphatic heterocycles. The highest BCUT2D eigenvalue weighted by Gasteiger charge is 2.38. The van der Waals surface area contributed by atoms with Crippen molar-refractivity contribution in [2.45, 2.75) is 20.4 Å². The lowest BCUT2D eigenvalue weighted by molar-refractivity contribution is -0.114. The molecule has 0 aromatic heterocycles. The molecule has 0 bridgehead atoms. The molecule has 1 aliphatic rings. The molecule has 3 nitrogen and oxygen atoms in total. The van der Waals surface area contributed by atoms with Gasteiger partial charge in [0.15, 0.2) is 0 Å². The van der Waals surface area contributed by atoms with Gasteiger partial charge in [-0.25, -0.2) is 0 Å². The van der Waals surface area contributed by atoms with E-state index in [0.717, 1.165) is 26.9 Å². The monoisotopic (exact) mass is 343 g/mol. The smallest absolute Gasteiger partial charge is 0.299 e. The first-order chi connectivity index (χ1) is 10.0. The van der Waals surface area contributed by atoms with Crippen molar-refractivity contribution in [2.75, 3.05) is 4.90 Å². The van der Waals surface area contributed by atoms with Crippen LogP contribution in [0.25, 0.3) is 0 Å². The maximum Gasteiger partial charge on any atom is 0.299 e. The number of benzene rings is 2. The van der Waals surface area contributed by atoms with Crippen LogP contribution in [0, 0.1) is 13.8 Å². The van der Waals surface area contributed by atoms with Crippen molar-refractivity contribution in [2.24, 2.45) is 0 Å². The van der Waals surface area contributed by atoms with E-state index in [0.29, 0.717) is 12.1 Å². The number of anilines is 1. The number of hydrogen-bond acceptors (Lipinski definition) is 2. The van der Waals surface area contributed by atoms with Crippen LogP contribution in [0.3, 0.4) is 0 Å². The zero-order valence-corrected chi connectivity index (χ0v) is 13.4. The zero-order chi connectivity index (χ0) is 15.1. The molecular formula is C17H14BrNO2. The fourth-order valence-electron chi connectivity index (χ4n) is 2.71. The van der Waals surface area contributed by atoms with Crippen LogP contribution in [-0.2, 0) is 11.3 Å². The highest BCUT2D eigenvalue weighted by atomic mass is 79.9. The second-order valence-corrected chi connectivity index (χ2v) is 6.09. The molecule has 0 N–H and O–H groups in total. The van der Waals surface area contributed by atoms with Crippen LogP contribution in [0.5, 0.6) is 0 Å². The molecule has 0 unspecified atom stereocenters. The van der Waals surface area contributed by atoms with Crippen molar-refractivity contribution in [3.63, 3.8) is 0 Å². The number of halogens is 1. The van der Waals surface area contributed by atoms with Crippen molar-refractivity contribution in [1.82, 2.24) is 0 Å². The van der Waals surface area contributed by atoms with Gasteiger partial charge in [-0.3, -0.25) is 9.59 Å². The normalized spacial score (nSPS) is 13.8. The number of hydrogen-bond donors (Lipinski definition) is 0. The Morgan fingerprint density at radius 2 is 1.67 bits per heavy atom. The van der Waals surface area contributed by atoms with E-state index < -0.39 is 11.7 Å². The summed E-state index contributed by atoms with van der Waals surface area (Å²) in [4.78, 5) is 26.2. The van der Waals surface area contributed by atoms with Crippen LogP contribution in [0.4, 0.5) is 5.69 Å². The third-order valence-electron chi connectivity index (χ3n) is 3.81. The number of ketones is 1. The Balaban J connectivity index is 2.10. The molecule has 0 fully saturated rings. The van der Waals surface area contributed by atoms with Crippen molar-refractivity contribution in [3.05, 3.63) is 63.1 Å². The van der Waals surface area contributed by atoms with Crippen LogP contribution >= 0.6 is 15.9 Å². The summed E-state index contributed by atoms with van der Waals surface area (Å²) in [7, 11) is 0. The summed E-state index contributed by atoms with van der Waals surface area (Å²) in [5.74, 6) is -0.851. The molecule has 0 saturated heterocycles. The summed E-state index contributed by atoms with van der Waals surface area (Å²) >= 11 is 3.49. The second-order valence-electron chi connectivity index (χ2n) is 5.23. The van der Waals surface area contributed by atoms with Gasteiger partial charge >= 0.3 is 0 Å². The molecule has 1 amide bonds. The highest BCUT2D eigenvalue weighted by Crippen LogP contribution is 2.36. The van der Waals surface area contributed by atoms with E-state index in [9.17, 15) is 9.59 Å². The summed E-state index contributed by atoms with van der Waals surface area (Å²) in [6.07, 6.45) is 0. The SMILES string of the molecule is Cc1ccc(C)c2c1C(=O)C(=O)N2Cc1ccccc1Br. The van der Waals surface area contributed by atoms with E-state index in [-0.39, 0.29) is 0 Å². The third kappa shape index (κ3) is 2.20. The summed E-state index contributed by atoms with van der Waals surface area (Å²) in [5, 5.41) is 0. The molecule has 4 heteroatoms. The van der Waals surface area contributed by atoms with E-state index in [1.807, 2.05) is 50.2 Å². The minimum Gasteiger partial charge on any atom is -0.300 e. The Morgan fingerprint density at radius 1 is 1.00 bits per heavy atom. The summed E-state index contributed by atoms with van der Waals surface area (Å²) < 4.78 is 0.934. The van der Waals surface area contributed by atoms with Crippen molar-refractivity contribution < 1.29 is 9.59 Å². The number of carbonyl (C=O) groups is 2. The Bertz CT molecular complexity index is 767. The molecule has 0 radical (unpaired) electrons. The summed E-state index contributed by atoms with van der Waals surface area (Å²) in [6, 6.07) is 11.6. The van der Waals surface area contributed by atoms with Gasteiger partial charge in [-0.2, -0.15) is 0 Å². The van der Waals surface area contributed by atoms with Gasteiger partial charge in [-0.05, 0) is 36.6 Å². The van der Waals surface area contributed by atoms with Gasteiger partial charge in [-0.15, -0.1) is 0 Å². The Kier molecular flexibility index (Phi) is 3.41. The molecule has 0 aliphatic carbocycles. The largest absolute Gasteiger partial charge is 0.300 e. The molecule has 106 valence electrons. The lowest BCUT2D eigenvalue weighted by Crippen LogP contribution is -2.29. The van der Waals surface area contributed by atoms with Crippen molar-refractivity contribution in [1.29, 1.82) is 0 Å². The van der Waals surface area contributed by atoms with E-state index in [2.05, 4.69) is 15.9 Å². The molecule has 2 aromatic carbocycles. The predicted molar refractivity (Wildman–Crippen MR) is 85.6 cm³/mol. The average molecular weight is 344 g/mol. The molecule has 21 heavy (non-hydrogen) atoms. The zero-order valence-electron chi connectivity index (χ0n) is 11.8. The van der Waals surface area contributed by atoms with Gasteiger partial charge in [0, 0.05) is 4.47 Å². The van der Waals surface area contributed by atoms with Crippen LogP contribution in [0.2, 0.25) is 0 Å². The van der Waals surface area contributed by atoms with Crippen LogP contribution in [-0.4, -0.2) is 11.7 Å². The fraction of sp³-hybridized carbons (Fsp3) is 0.176. The second kappa shape index (κ2) is 5.11. The maximum atomic E-state index is 12.3. The first-order valence-electron chi connectivity index (χ1n) is 6.70. The minimum absolute atomic E-state index is 0.392. The first-order valence-corrected chi connectivity index (χ1v) is 7.50. The standard InChI is InChI=1S/C17H14BrNO2/c1-10-7-8-11(2)15-14(10)16(20)17(21)19(15)9-12-5-3-4-6-13(12)18/h3-8H,9H2,1-2H3. The van der Waals surface area contributed by atoms with E-state index in [4.69, 9.17) is 0 Å². The van der Waals surface area contributed by atoms with Crippen molar-refractivity contribution in [3.8, 4) is 0 Å². The minimum atomic E-state index is -0.446. The van der Waals surface area contributed by atoms with E-state index >= 15 is 0 Å². The van der Waals surface area contributed by atoms with Gasteiger partial charge in [0.2, 0.25) is 0 Å². The molecule has 0 saturated carbocycles. The lowest BCUT2D eigenvalue weighted by Gasteiger charge is -2.19. The lowest BCUT2D eigenvalue weighted by atomic mass is 10.0. The molecule has 0 spiro atoms. The first kappa shape index (κ1) is 14.0. The van der Waals surface area contributed by atoms with E-state index in [1.54, 1.807) is 4.90 Å². The molecule has 1 heterocycles. The van der Waals surface area contributed by atoms with Crippen LogP contribution < -0.4 is 4.90 Å². The number of amides is 1. The van der Waals surface area contributed by atoms with Gasteiger partial charge < -0.3 is 4.90 Å². The van der Waals surface area contributed by atoms with Gasteiger partial charge in [-0.1, -0.05) is 46.3 Å². The van der Waals surface area contributed by atoms with E-state index in [1.165, 1.54) is 0 Å². The van der Waals surface area contributed by atoms with Gasteiger partial charge in [0.05, 0.1) is 17.8 Å². The van der Waals surface area contributed by atoms with Crippen LogP contribution in [0.1, 0.15) is 27.0 Å².